The molecule has 0 aromatic heterocycles. The molecular weight excluding hydrogens is 314 g/mol. The van der Waals surface area contributed by atoms with Gasteiger partial charge in [0.2, 0.25) is 10.0 Å². The van der Waals surface area contributed by atoms with Crippen molar-refractivity contribution < 1.29 is 13.2 Å². The quantitative estimate of drug-likeness (QED) is 0.805. The van der Waals surface area contributed by atoms with Crippen molar-refractivity contribution in [2.45, 2.75) is 30.4 Å². The molecule has 6 nitrogen and oxygen atoms in total. The van der Waals surface area contributed by atoms with Gasteiger partial charge >= 0.3 is 0 Å². The minimum Gasteiger partial charge on any atom is -0.375 e. The van der Waals surface area contributed by atoms with Gasteiger partial charge in [-0.1, -0.05) is 6.07 Å². The number of hydrogen-bond acceptors (Lipinski definition) is 5. The molecule has 2 atom stereocenters. The summed E-state index contributed by atoms with van der Waals surface area (Å²) in [4.78, 5) is 2.36. The van der Waals surface area contributed by atoms with E-state index in [0.29, 0.717) is 30.8 Å². The molecule has 0 radical (unpaired) electrons. The van der Waals surface area contributed by atoms with Crippen LogP contribution in [0.1, 0.15) is 17.5 Å². The fourth-order valence-electron chi connectivity index (χ4n) is 3.37. The normalized spacial score (nSPS) is 26.5. The van der Waals surface area contributed by atoms with Gasteiger partial charge in [0, 0.05) is 19.6 Å². The Labute approximate surface area is 137 Å². The first-order valence-corrected chi connectivity index (χ1v) is 9.20. The van der Waals surface area contributed by atoms with Crippen molar-refractivity contribution >= 4 is 10.0 Å². The molecule has 0 saturated carbocycles. The van der Waals surface area contributed by atoms with Gasteiger partial charge in [0.15, 0.2) is 0 Å². The highest BCUT2D eigenvalue weighted by Crippen LogP contribution is 2.29. The standard InChI is InChI=1S/C16H21N3O3S/c1-12-3-4-13(10-17)9-16(12)23(20,21)19-7-8-22-15-5-6-18(2)11-14(15)19/h3-4,9,14-15H,5-8,11H2,1-2H3/t14-,15-/m1/s1. The Kier molecular flexibility index (Phi) is 4.43. The molecule has 124 valence electrons. The molecule has 2 aliphatic heterocycles. The molecule has 0 amide bonds. The molecule has 3 rings (SSSR count). The lowest BCUT2D eigenvalue weighted by atomic mass is 10.0. The Morgan fingerprint density at radius 2 is 2.13 bits per heavy atom. The minimum atomic E-state index is -3.64. The largest absolute Gasteiger partial charge is 0.375 e. The van der Waals surface area contributed by atoms with E-state index in [1.165, 1.54) is 6.07 Å². The minimum absolute atomic E-state index is 0.0471. The third-order valence-electron chi connectivity index (χ3n) is 4.64. The molecule has 0 spiro atoms. The molecule has 0 unspecified atom stereocenters. The number of piperidine rings is 1. The van der Waals surface area contributed by atoms with Crippen molar-refractivity contribution in [1.29, 1.82) is 5.26 Å². The fraction of sp³-hybridized carbons (Fsp3) is 0.562. The zero-order valence-electron chi connectivity index (χ0n) is 13.4. The number of rotatable bonds is 2. The summed E-state index contributed by atoms with van der Waals surface area (Å²) in [5, 5.41) is 9.07. The maximum Gasteiger partial charge on any atom is 0.243 e. The summed E-state index contributed by atoms with van der Waals surface area (Å²) in [7, 11) is -1.65. The molecule has 1 aromatic carbocycles. The van der Waals surface area contributed by atoms with Crippen LogP contribution in [0.5, 0.6) is 0 Å². The molecular formula is C16H21N3O3S. The van der Waals surface area contributed by atoms with Gasteiger partial charge in [0.25, 0.3) is 0 Å². The third-order valence-corrected chi connectivity index (χ3v) is 6.71. The van der Waals surface area contributed by atoms with Gasteiger partial charge in [0.05, 0.1) is 35.3 Å². The Morgan fingerprint density at radius 1 is 1.35 bits per heavy atom. The Balaban J connectivity index is 2.00. The van der Waals surface area contributed by atoms with E-state index < -0.39 is 10.0 Å². The Morgan fingerprint density at radius 3 is 2.87 bits per heavy atom. The van der Waals surface area contributed by atoms with Crippen molar-refractivity contribution in [3.8, 4) is 6.07 Å². The number of hydrogen-bond donors (Lipinski definition) is 0. The van der Waals surface area contributed by atoms with E-state index in [1.807, 2.05) is 13.1 Å². The van der Waals surface area contributed by atoms with Gasteiger partial charge in [-0.3, -0.25) is 0 Å². The smallest absolute Gasteiger partial charge is 0.243 e. The summed E-state index contributed by atoms with van der Waals surface area (Å²) in [6.45, 7) is 4.12. The van der Waals surface area contributed by atoms with Crippen LogP contribution in [-0.4, -0.2) is 63.1 Å². The number of likely N-dealkylation sites (tertiary alicyclic amines) is 1. The van der Waals surface area contributed by atoms with Gasteiger partial charge < -0.3 is 9.64 Å². The molecule has 2 saturated heterocycles. The average molecular weight is 335 g/mol. The van der Waals surface area contributed by atoms with Crippen LogP contribution in [0.25, 0.3) is 0 Å². The van der Waals surface area contributed by atoms with Crippen LogP contribution in [-0.2, 0) is 14.8 Å². The first-order valence-electron chi connectivity index (χ1n) is 7.76. The lowest BCUT2D eigenvalue weighted by Gasteiger charge is -2.45. The molecule has 7 heteroatoms. The van der Waals surface area contributed by atoms with E-state index in [0.717, 1.165) is 13.0 Å². The highest BCUT2D eigenvalue weighted by Gasteiger charge is 2.42. The molecule has 2 fully saturated rings. The summed E-state index contributed by atoms with van der Waals surface area (Å²) in [5.74, 6) is 0. The topological polar surface area (TPSA) is 73.6 Å². The zero-order chi connectivity index (χ0) is 16.6. The number of sulfonamides is 1. The predicted molar refractivity (Wildman–Crippen MR) is 85.4 cm³/mol. The number of morpholine rings is 1. The number of aryl methyl sites for hydroxylation is 1. The van der Waals surface area contributed by atoms with E-state index in [1.54, 1.807) is 23.4 Å². The van der Waals surface area contributed by atoms with E-state index >= 15 is 0 Å². The summed E-state index contributed by atoms with van der Waals surface area (Å²) < 4.78 is 33.7. The highest BCUT2D eigenvalue weighted by molar-refractivity contribution is 7.89. The molecule has 1 aromatic rings. The van der Waals surface area contributed by atoms with Crippen LogP contribution >= 0.6 is 0 Å². The second-order valence-electron chi connectivity index (χ2n) is 6.24. The summed E-state index contributed by atoms with van der Waals surface area (Å²) in [5.41, 5.74) is 1.02. The van der Waals surface area contributed by atoms with Crippen molar-refractivity contribution in [2.75, 3.05) is 33.3 Å². The third kappa shape index (κ3) is 3.00. The number of likely N-dealkylation sites (N-methyl/N-ethyl adjacent to an activating group) is 1. The molecule has 2 heterocycles. The molecule has 23 heavy (non-hydrogen) atoms. The van der Waals surface area contributed by atoms with Crippen molar-refractivity contribution in [3.63, 3.8) is 0 Å². The van der Waals surface area contributed by atoms with Crippen LogP contribution in [0.3, 0.4) is 0 Å². The summed E-state index contributed by atoms with van der Waals surface area (Å²) in [6.07, 6.45) is 0.791. The van der Waals surface area contributed by atoms with E-state index in [-0.39, 0.29) is 17.0 Å². The van der Waals surface area contributed by atoms with Gasteiger partial charge in [-0.15, -0.1) is 0 Å². The molecule has 0 bridgehead atoms. The van der Waals surface area contributed by atoms with Crippen LogP contribution in [0.2, 0.25) is 0 Å². The summed E-state index contributed by atoms with van der Waals surface area (Å²) >= 11 is 0. The lowest BCUT2D eigenvalue weighted by Crippen LogP contribution is -2.60. The number of fused-ring (bicyclic) bond motifs is 1. The number of nitriles is 1. The highest BCUT2D eigenvalue weighted by atomic mass is 32.2. The van der Waals surface area contributed by atoms with Crippen LogP contribution in [0.15, 0.2) is 23.1 Å². The maximum absolute atomic E-state index is 13.2. The molecule has 2 aliphatic rings. The number of ether oxygens (including phenoxy) is 1. The van der Waals surface area contributed by atoms with E-state index in [9.17, 15) is 8.42 Å². The zero-order valence-corrected chi connectivity index (χ0v) is 14.2. The predicted octanol–water partition coefficient (Wildman–Crippen LogP) is 0.960. The van der Waals surface area contributed by atoms with Crippen LogP contribution in [0, 0.1) is 18.3 Å². The first kappa shape index (κ1) is 16.4. The van der Waals surface area contributed by atoms with Gasteiger partial charge in [-0.2, -0.15) is 9.57 Å². The van der Waals surface area contributed by atoms with Gasteiger partial charge in [0.1, 0.15) is 0 Å². The fourth-order valence-corrected chi connectivity index (χ4v) is 5.25. The monoisotopic (exact) mass is 335 g/mol. The number of nitrogens with zero attached hydrogens (tertiary/aromatic N) is 3. The SMILES string of the molecule is Cc1ccc(C#N)cc1S(=O)(=O)N1CCO[C@@H]2CCN(C)C[C@H]21. The second-order valence-corrected chi connectivity index (χ2v) is 8.09. The maximum atomic E-state index is 13.2. The second kappa shape index (κ2) is 6.21. The van der Waals surface area contributed by atoms with Crippen LogP contribution < -0.4 is 0 Å². The van der Waals surface area contributed by atoms with Crippen molar-refractivity contribution in [2.24, 2.45) is 0 Å². The lowest BCUT2D eigenvalue weighted by molar-refractivity contribution is -0.0719. The van der Waals surface area contributed by atoms with E-state index in [2.05, 4.69) is 4.90 Å². The molecule has 0 N–H and O–H groups in total. The summed E-state index contributed by atoms with van der Waals surface area (Å²) in [6, 6.07) is 6.66. The average Bonchev–Trinajstić information content (AvgIpc) is 2.54. The van der Waals surface area contributed by atoms with E-state index in [4.69, 9.17) is 10.00 Å². The van der Waals surface area contributed by atoms with Gasteiger partial charge in [-0.25, -0.2) is 8.42 Å². The molecule has 0 aliphatic carbocycles. The van der Waals surface area contributed by atoms with Gasteiger partial charge in [-0.05, 0) is 38.1 Å². The van der Waals surface area contributed by atoms with Crippen molar-refractivity contribution in [3.05, 3.63) is 29.3 Å². The number of benzene rings is 1. The Hall–Kier alpha value is -1.46. The first-order chi connectivity index (χ1) is 10.9. The van der Waals surface area contributed by atoms with Crippen molar-refractivity contribution in [1.82, 2.24) is 9.21 Å². The van der Waals surface area contributed by atoms with Crippen LogP contribution in [0.4, 0.5) is 0 Å². The Bertz CT molecular complexity index is 741.